The summed E-state index contributed by atoms with van der Waals surface area (Å²) in [4.78, 5) is 9.01. The van der Waals surface area contributed by atoms with Gasteiger partial charge in [0.1, 0.15) is 5.65 Å². The maximum atomic E-state index is 4.52. The minimum atomic E-state index is 1.00. The van der Waals surface area contributed by atoms with Gasteiger partial charge in [0, 0.05) is 17.5 Å². The molecule has 0 radical (unpaired) electrons. The van der Waals surface area contributed by atoms with Gasteiger partial charge in [-0.05, 0) is 27.0 Å². The number of imidazole rings is 1. The van der Waals surface area contributed by atoms with Crippen molar-refractivity contribution in [3.63, 3.8) is 0 Å². The number of rotatable bonds is 1. The molecule has 0 fully saturated rings. The number of hydrogen-bond acceptors (Lipinski definition) is 3. The molecule has 4 heteroatoms. The number of fused-ring (bicyclic) bond motifs is 1. The van der Waals surface area contributed by atoms with Gasteiger partial charge in [0.2, 0.25) is 0 Å². The molecule has 3 nitrogen and oxygen atoms in total. The molecule has 0 saturated heterocycles. The van der Waals surface area contributed by atoms with Crippen molar-refractivity contribution >= 4 is 17.4 Å². The largest absolute Gasteiger partial charge is 0.278 e. The number of thioether (sulfide) groups is 1. The summed E-state index contributed by atoms with van der Waals surface area (Å²) in [6.07, 6.45) is 4.06. The van der Waals surface area contributed by atoms with Gasteiger partial charge in [0.05, 0.1) is 5.69 Å². The fourth-order valence-corrected chi connectivity index (χ4v) is 2.06. The van der Waals surface area contributed by atoms with Crippen LogP contribution in [0.3, 0.4) is 0 Å². The minimum absolute atomic E-state index is 1.00. The molecule has 0 aliphatic rings. The first-order chi connectivity index (χ1) is 6.63. The monoisotopic (exact) mass is 207 g/mol. The second kappa shape index (κ2) is 3.28. The third-order valence-electron chi connectivity index (χ3n) is 2.36. The molecule has 0 atom stereocenters. The molecule has 2 heterocycles. The predicted octanol–water partition coefficient (Wildman–Crippen LogP) is 2.38. The average Bonchev–Trinajstić information content (AvgIpc) is 2.54. The molecule has 0 saturated carbocycles. The van der Waals surface area contributed by atoms with Gasteiger partial charge in [-0.15, -0.1) is 0 Å². The summed E-state index contributed by atoms with van der Waals surface area (Å²) >= 11 is 1.65. The van der Waals surface area contributed by atoms with Crippen molar-refractivity contribution in [1.82, 2.24) is 14.4 Å². The Bertz CT molecular complexity index is 488. The lowest BCUT2D eigenvalue weighted by atomic mass is 10.3. The molecule has 2 rings (SSSR count). The van der Waals surface area contributed by atoms with Gasteiger partial charge in [0.15, 0.2) is 5.16 Å². The Hall–Kier alpha value is -1.03. The van der Waals surface area contributed by atoms with E-state index in [2.05, 4.69) is 21.3 Å². The zero-order chi connectivity index (χ0) is 10.3. The number of nitrogens with zero attached hydrogens (tertiary/aromatic N) is 3. The Kier molecular flexibility index (Phi) is 2.23. The van der Waals surface area contributed by atoms with E-state index < -0.39 is 0 Å². The molecule has 0 aliphatic carbocycles. The van der Waals surface area contributed by atoms with Crippen LogP contribution < -0.4 is 0 Å². The second-order valence-corrected chi connectivity index (χ2v) is 4.16. The highest BCUT2D eigenvalue weighted by molar-refractivity contribution is 7.98. The van der Waals surface area contributed by atoms with E-state index in [0.29, 0.717) is 0 Å². The van der Waals surface area contributed by atoms with E-state index in [1.165, 1.54) is 0 Å². The van der Waals surface area contributed by atoms with Crippen molar-refractivity contribution in [2.45, 2.75) is 25.9 Å². The summed E-state index contributed by atoms with van der Waals surface area (Å²) < 4.78 is 2.06. The Balaban J connectivity index is 2.88. The topological polar surface area (TPSA) is 30.2 Å². The fourth-order valence-electron chi connectivity index (χ4n) is 1.50. The van der Waals surface area contributed by atoms with Crippen molar-refractivity contribution in [3.8, 4) is 0 Å². The lowest BCUT2D eigenvalue weighted by Gasteiger charge is -2.05. The first kappa shape index (κ1) is 9.52. The maximum Gasteiger partial charge on any atom is 0.173 e. The Morgan fingerprint density at radius 3 is 2.57 bits per heavy atom. The molecule has 74 valence electrons. The minimum Gasteiger partial charge on any atom is -0.278 e. The Morgan fingerprint density at radius 2 is 1.93 bits per heavy atom. The molecule has 0 spiro atoms. The van der Waals surface area contributed by atoms with E-state index in [1.807, 2.05) is 26.3 Å². The van der Waals surface area contributed by atoms with Crippen molar-refractivity contribution in [2.75, 3.05) is 6.26 Å². The number of hydrogen-bond donors (Lipinski definition) is 0. The van der Waals surface area contributed by atoms with E-state index in [0.717, 1.165) is 27.8 Å². The van der Waals surface area contributed by atoms with Gasteiger partial charge in [-0.1, -0.05) is 11.8 Å². The molecule has 0 unspecified atom stereocenters. The highest BCUT2D eigenvalue weighted by atomic mass is 32.2. The van der Waals surface area contributed by atoms with Crippen LogP contribution in [0.5, 0.6) is 0 Å². The molecule has 0 amide bonds. The molecule has 0 N–H and O–H groups in total. The molecular formula is C10H13N3S. The van der Waals surface area contributed by atoms with E-state index in [9.17, 15) is 0 Å². The van der Waals surface area contributed by atoms with Gasteiger partial charge in [0.25, 0.3) is 0 Å². The first-order valence-corrected chi connectivity index (χ1v) is 5.73. The third-order valence-corrected chi connectivity index (χ3v) is 3.01. The Morgan fingerprint density at radius 1 is 1.21 bits per heavy atom. The molecule has 14 heavy (non-hydrogen) atoms. The van der Waals surface area contributed by atoms with Crippen LogP contribution in [0.15, 0.2) is 11.4 Å². The SMILES string of the molecule is CSc1nc(C)c(C)c2nc(C)cn12. The lowest BCUT2D eigenvalue weighted by molar-refractivity contribution is 0.868. The van der Waals surface area contributed by atoms with Gasteiger partial charge < -0.3 is 0 Å². The number of aromatic nitrogens is 3. The number of aryl methyl sites for hydroxylation is 3. The van der Waals surface area contributed by atoms with Gasteiger partial charge in [-0.25, -0.2) is 9.97 Å². The summed E-state index contributed by atoms with van der Waals surface area (Å²) in [7, 11) is 0. The summed E-state index contributed by atoms with van der Waals surface area (Å²) in [5, 5.41) is 1.00. The van der Waals surface area contributed by atoms with Gasteiger partial charge >= 0.3 is 0 Å². The average molecular weight is 207 g/mol. The zero-order valence-electron chi connectivity index (χ0n) is 8.83. The standard InChI is InChI=1S/C10H13N3S/c1-6-5-13-9(11-6)7(2)8(3)12-10(13)14-4/h5H,1-4H3. The predicted molar refractivity (Wildman–Crippen MR) is 59.0 cm³/mol. The van der Waals surface area contributed by atoms with E-state index in [-0.39, 0.29) is 0 Å². The van der Waals surface area contributed by atoms with Crippen LogP contribution in [0.2, 0.25) is 0 Å². The van der Waals surface area contributed by atoms with Crippen LogP contribution in [0.1, 0.15) is 17.0 Å². The second-order valence-electron chi connectivity index (χ2n) is 3.38. The third kappa shape index (κ3) is 1.30. The Labute approximate surface area is 87.6 Å². The summed E-state index contributed by atoms with van der Waals surface area (Å²) in [5.74, 6) is 0. The van der Waals surface area contributed by atoms with Crippen molar-refractivity contribution < 1.29 is 0 Å². The summed E-state index contributed by atoms with van der Waals surface area (Å²) in [6, 6.07) is 0. The van der Waals surface area contributed by atoms with Crippen molar-refractivity contribution in [3.05, 3.63) is 23.1 Å². The quantitative estimate of drug-likeness (QED) is 0.531. The van der Waals surface area contributed by atoms with E-state index in [1.54, 1.807) is 11.8 Å². The first-order valence-electron chi connectivity index (χ1n) is 4.50. The van der Waals surface area contributed by atoms with Gasteiger partial charge in [-0.3, -0.25) is 4.40 Å². The van der Waals surface area contributed by atoms with Crippen molar-refractivity contribution in [2.24, 2.45) is 0 Å². The maximum absolute atomic E-state index is 4.52. The van der Waals surface area contributed by atoms with Gasteiger partial charge in [-0.2, -0.15) is 0 Å². The summed E-state index contributed by atoms with van der Waals surface area (Å²) in [5.41, 5.74) is 4.29. The van der Waals surface area contributed by atoms with Crippen LogP contribution in [0.4, 0.5) is 0 Å². The van der Waals surface area contributed by atoms with Crippen LogP contribution in [0, 0.1) is 20.8 Å². The van der Waals surface area contributed by atoms with E-state index in [4.69, 9.17) is 0 Å². The smallest absolute Gasteiger partial charge is 0.173 e. The van der Waals surface area contributed by atoms with Crippen LogP contribution in [-0.2, 0) is 0 Å². The molecule has 0 bridgehead atoms. The summed E-state index contributed by atoms with van der Waals surface area (Å²) in [6.45, 7) is 6.10. The molecule has 0 aromatic carbocycles. The molecule has 0 aliphatic heterocycles. The molecule has 2 aromatic heterocycles. The highest BCUT2D eigenvalue weighted by Gasteiger charge is 2.09. The van der Waals surface area contributed by atoms with E-state index >= 15 is 0 Å². The zero-order valence-corrected chi connectivity index (χ0v) is 9.64. The fraction of sp³-hybridized carbons (Fsp3) is 0.400. The lowest BCUT2D eigenvalue weighted by Crippen LogP contribution is -1.99. The van der Waals surface area contributed by atoms with Crippen LogP contribution in [-0.4, -0.2) is 20.6 Å². The van der Waals surface area contributed by atoms with Crippen LogP contribution >= 0.6 is 11.8 Å². The van der Waals surface area contributed by atoms with Crippen LogP contribution in [0.25, 0.3) is 5.65 Å². The molecular weight excluding hydrogens is 194 g/mol. The molecule has 2 aromatic rings. The normalized spacial score (nSPS) is 11.1. The van der Waals surface area contributed by atoms with Crippen molar-refractivity contribution in [1.29, 1.82) is 0 Å². The highest BCUT2D eigenvalue weighted by Crippen LogP contribution is 2.20.